The second-order valence-corrected chi connectivity index (χ2v) is 5.84. The number of hydrogen-bond acceptors (Lipinski definition) is 3. The summed E-state index contributed by atoms with van der Waals surface area (Å²) >= 11 is 0. The Labute approximate surface area is 129 Å². The fourth-order valence-corrected chi connectivity index (χ4v) is 2.46. The van der Waals surface area contributed by atoms with Gasteiger partial charge in [0.25, 0.3) is 0 Å². The molecule has 0 aromatic heterocycles. The predicted octanol–water partition coefficient (Wildman–Crippen LogP) is 4.42. The van der Waals surface area contributed by atoms with Gasteiger partial charge in [-0.1, -0.05) is 32.1 Å². The molecule has 0 heterocycles. The van der Waals surface area contributed by atoms with Gasteiger partial charge in [-0.2, -0.15) is 0 Å². The number of benzene rings is 1. The van der Waals surface area contributed by atoms with Gasteiger partial charge in [-0.15, -0.1) is 0 Å². The van der Waals surface area contributed by atoms with E-state index in [1.54, 1.807) is 0 Å². The molecule has 0 spiro atoms. The fourth-order valence-electron chi connectivity index (χ4n) is 2.46. The van der Waals surface area contributed by atoms with Crippen molar-refractivity contribution in [2.45, 2.75) is 65.7 Å². The van der Waals surface area contributed by atoms with Gasteiger partial charge in [0.05, 0.1) is 6.61 Å². The van der Waals surface area contributed by atoms with Crippen molar-refractivity contribution in [1.29, 1.82) is 0 Å². The Kier molecular flexibility index (Phi) is 8.21. The van der Waals surface area contributed by atoms with Crippen LogP contribution in [-0.2, 0) is 0 Å². The van der Waals surface area contributed by atoms with Crippen molar-refractivity contribution < 1.29 is 14.9 Å². The molecule has 1 aromatic carbocycles. The monoisotopic (exact) mass is 294 g/mol. The highest BCUT2D eigenvalue weighted by Crippen LogP contribution is 2.32. The molecular weight excluding hydrogens is 264 g/mol. The average Bonchev–Trinajstić information content (AvgIpc) is 2.48. The zero-order chi connectivity index (χ0) is 15.7. The van der Waals surface area contributed by atoms with Crippen molar-refractivity contribution in [3.63, 3.8) is 0 Å². The lowest BCUT2D eigenvalue weighted by molar-refractivity contribution is 0.281. The quantitative estimate of drug-likeness (QED) is 0.628. The van der Waals surface area contributed by atoms with Crippen LogP contribution >= 0.6 is 0 Å². The Hall–Kier alpha value is -1.22. The number of aliphatic hydroxyl groups is 1. The number of aryl methyl sites for hydroxylation is 1. The second kappa shape index (κ2) is 9.67. The van der Waals surface area contributed by atoms with E-state index >= 15 is 0 Å². The molecule has 3 nitrogen and oxygen atoms in total. The molecule has 1 aromatic rings. The van der Waals surface area contributed by atoms with Crippen LogP contribution in [0, 0.1) is 20.8 Å². The number of phenolic OH excluding ortho intramolecular Hbond substituents is 1. The SMILES string of the molecule is Cc1cc(OCCCCCCCCCO)c(C)c(C)c1O. The zero-order valence-corrected chi connectivity index (χ0v) is 13.7. The maximum atomic E-state index is 9.87. The van der Waals surface area contributed by atoms with Crippen molar-refractivity contribution in [3.8, 4) is 11.5 Å². The highest BCUT2D eigenvalue weighted by Gasteiger charge is 2.09. The van der Waals surface area contributed by atoms with Crippen LogP contribution in [0.3, 0.4) is 0 Å². The molecule has 0 atom stereocenters. The largest absolute Gasteiger partial charge is 0.507 e. The fraction of sp³-hybridized carbons (Fsp3) is 0.667. The Balaban J connectivity index is 2.22. The van der Waals surface area contributed by atoms with Crippen LogP contribution in [0.25, 0.3) is 0 Å². The minimum absolute atomic E-state index is 0.318. The number of aromatic hydroxyl groups is 1. The van der Waals surface area contributed by atoms with Crippen LogP contribution in [0.4, 0.5) is 0 Å². The molecule has 0 fully saturated rings. The highest BCUT2D eigenvalue weighted by molar-refractivity contribution is 5.51. The molecule has 0 amide bonds. The molecule has 0 unspecified atom stereocenters. The molecule has 120 valence electrons. The van der Waals surface area contributed by atoms with Gasteiger partial charge in [0.2, 0.25) is 0 Å². The normalized spacial score (nSPS) is 10.9. The molecular formula is C18H30O3. The highest BCUT2D eigenvalue weighted by atomic mass is 16.5. The Morgan fingerprint density at radius 1 is 0.857 bits per heavy atom. The Morgan fingerprint density at radius 2 is 1.43 bits per heavy atom. The van der Waals surface area contributed by atoms with E-state index in [0.29, 0.717) is 12.4 Å². The van der Waals surface area contributed by atoms with E-state index in [2.05, 4.69) is 0 Å². The number of aliphatic hydroxyl groups excluding tert-OH is 1. The molecule has 0 radical (unpaired) electrons. The van der Waals surface area contributed by atoms with Gasteiger partial charge >= 0.3 is 0 Å². The van der Waals surface area contributed by atoms with Gasteiger partial charge in [-0.25, -0.2) is 0 Å². The Bertz CT molecular complexity index is 427. The third kappa shape index (κ3) is 5.96. The summed E-state index contributed by atoms with van der Waals surface area (Å²) in [6, 6.07) is 1.92. The zero-order valence-electron chi connectivity index (χ0n) is 13.7. The van der Waals surface area contributed by atoms with E-state index in [0.717, 1.165) is 48.3 Å². The van der Waals surface area contributed by atoms with Crippen molar-refractivity contribution in [1.82, 2.24) is 0 Å². The average molecular weight is 294 g/mol. The molecule has 0 bridgehead atoms. The maximum Gasteiger partial charge on any atom is 0.122 e. The van der Waals surface area contributed by atoms with Crippen molar-refractivity contribution in [2.24, 2.45) is 0 Å². The first-order valence-corrected chi connectivity index (χ1v) is 8.11. The van der Waals surface area contributed by atoms with Gasteiger partial charge in [0, 0.05) is 6.61 Å². The summed E-state index contributed by atoms with van der Waals surface area (Å²) in [4.78, 5) is 0. The smallest absolute Gasteiger partial charge is 0.122 e. The van der Waals surface area contributed by atoms with E-state index in [-0.39, 0.29) is 0 Å². The Morgan fingerprint density at radius 3 is 2.05 bits per heavy atom. The molecule has 0 aliphatic heterocycles. The first-order chi connectivity index (χ1) is 10.1. The summed E-state index contributed by atoms with van der Waals surface area (Å²) in [5.41, 5.74) is 2.81. The summed E-state index contributed by atoms with van der Waals surface area (Å²) in [5.74, 6) is 1.27. The first kappa shape index (κ1) is 17.8. The number of hydrogen-bond donors (Lipinski definition) is 2. The lowest BCUT2D eigenvalue weighted by Crippen LogP contribution is -2.01. The molecule has 21 heavy (non-hydrogen) atoms. The molecule has 0 aliphatic carbocycles. The minimum Gasteiger partial charge on any atom is -0.507 e. The minimum atomic E-state index is 0.318. The van der Waals surface area contributed by atoms with E-state index in [9.17, 15) is 5.11 Å². The van der Waals surface area contributed by atoms with E-state index in [1.165, 1.54) is 25.7 Å². The van der Waals surface area contributed by atoms with Crippen LogP contribution in [0.5, 0.6) is 11.5 Å². The van der Waals surface area contributed by atoms with Crippen LogP contribution in [0.15, 0.2) is 6.07 Å². The van der Waals surface area contributed by atoms with Crippen molar-refractivity contribution in [2.75, 3.05) is 13.2 Å². The first-order valence-electron chi connectivity index (χ1n) is 8.11. The summed E-state index contributed by atoms with van der Waals surface area (Å²) in [5, 5.41) is 18.6. The molecule has 0 saturated carbocycles. The van der Waals surface area contributed by atoms with Gasteiger partial charge in [-0.3, -0.25) is 0 Å². The van der Waals surface area contributed by atoms with E-state index < -0.39 is 0 Å². The lowest BCUT2D eigenvalue weighted by Gasteiger charge is -2.14. The lowest BCUT2D eigenvalue weighted by atomic mass is 10.0. The van der Waals surface area contributed by atoms with E-state index in [1.807, 2.05) is 26.8 Å². The van der Waals surface area contributed by atoms with Gasteiger partial charge < -0.3 is 14.9 Å². The molecule has 1 rings (SSSR count). The number of unbranched alkanes of at least 4 members (excludes halogenated alkanes) is 6. The summed E-state index contributed by atoms with van der Waals surface area (Å²) in [6.45, 7) is 6.88. The summed E-state index contributed by atoms with van der Waals surface area (Å²) in [6.07, 6.45) is 8.03. The number of rotatable bonds is 10. The number of ether oxygens (including phenoxy) is 1. The second-order valence-electron chi connectivity index (χ2n) is 5.84. The van der Waals surface area contributed by atoms with Gasteiger partial charge in [0.15, 0.2) is 0 Å². The van der Waals surface area contributed by atoms with Crippen LogP contribution < -0.4 is 4.74 Å². The van der Waals surface area contributed by atoms with Crippen molar-refractivity contribution in [3.05, 3.63) is 22.8 Å². The third-order valence-electron chi connectivity index (χ3n) is 4.07. The summed E-state index contributed by atoms with van der Waals surface area (Å²) in [7, 11) is 0. The molecule has 2 N–H and O–H groups in total. The molecule has 0 aliphatic rings. The van der Waals surface area contributed by atoms with Crippen molar-refractivity contribution >= 4 is 0 Å². The standard InChI is InChI=1S/C18H30O3/c1-14-13-17(15(2)16(3)18(14)20)21-12-10-8-6-4-5-7-9-11-19/h13,19-20H,4-12H2,1-3H3. The molecule has 3 heteroatoms. The topological polar surface area (TPSA) is 49.7 Å². The van der Waals surface area contributed by atoms with Crippen LogP contribution in [0.1, 0.15) is 61.6 Å². The third-order valence-corrected chi connectivity index (χ3v) is 4.07. The summed E-state index contributed by atoms with van der Waals surface area (Å²) < 4.78 is 5.85. The van der Waals surface area contributed by atoms with E-state index in [4.69, 9.17) is 9.84 Å². The molecule has 0 saturated heterocycles. The number of phenols is 1. The maximum absolute atomic E-state index is 9.87. The van der Waals surface area contributed by atoms with Crippen LogP contribution in [-0.4, -0.2) is 23.4 Å². The predicted molar refractivity (Wildman–Crippen MR) is 87.2 cm³/mol. The van der Waals surface area contributed by atoms with Gasteiger partial charge in [0.1, 0.15) is 11.5 Å². The van der Waals surface area contributed by atoms with Gasteiger partial charge in [-0.05, 0) is 56.4 Å². The van der Waals surface area contributed by atoms with Crippen LogP contribution in [0.2, 0.25) is 0 Å².